The van der Waals surface area contributed by atoms with E-state index in [0.717, 1.165) is 37.5 Å². The number of aliphatic hydroxyl groups is 1. The van der Waals surface area contributed by atoms with Gasteiger partial charge in [-0.05, 0) is 18.6 Å². The molecule has 4 rings (SSSR count). The molecule has 2 N–H and O–H groups in total. The van der Waals surface area contributed by atoms with Crippen molar-refractivity contribution in [1.82, 2.24) is 19.7 Å². The Morgan fingerprint density at radius 3 is 2.85 bits per heavy atom. The van der Waals surface area contributed by atoms with Crippen molar-refractivity contribution in [3.63, 3.8) is 0 Å². The molecule has 3 aromatic heterocycles. The van der Waals surface area contributed by atoms with Crippen LogP contribution in [0.5, 0.6) is 5.75 Å². The number of aryl methyl sites for hydroxylation is 2. The lowest BCUT2D eigenvalue weighted by molar-refractivity contribution is 0.281. The Morgan fingerprint density at radius 1 is 1.30 bits per heavy atom. The summed E-state index contributed by atoms with van der Waals surface area (Å²) in [6.45, 7) is 2.04. The number of anilines is 2. The molecule has 0 bridgehead atoms. The molecular formula is C19H19N5O2S. The van der Waals surface area contributed by atoms with Gasteiger partial charge in [-0.2, -0.15) is 5.10 Å². The van der Waals surface area contributed by atoms with Crippen molar-refractivity contribution in [3.05, 3.63) is 47.2 Å². The van der Waals surface area contributed by atoms with E-state index in [1.54, 1.807) is 29.3 Å². The molecule has 0 saturated heterocycles. The number of nitrogens with one attached hydrogen (secondary N) is 1. The molecule has 0 spiro atoms. The van der Waals surface area contributed by atoms with Crippen LogP contribution in [0.15, 0.2) is 36.8 Å². The second-order valence-corrected chi connectivity index (χ2v) is 7.42. The van der Waals surface area contributed by atoms with Crippen molar-refractivity contribution in [2.75, 3.05) is 12.4 Å². The number of nitrogens with zero attached hydrogens (tertiary/aromatic N) is 4. The monoisotopic (exact) mass is 381 g/mol. The van der Waals surface area contributed by atoms with E-state index in [1.165, 1.54) is 0 Å². The van der Waals surface area contributed by atoms with Gasteiger partial charge in [-0.15, -0.1) is 11.3 Å². The first-order chi connectivity index (χ1) is 13.1. The van der Waals surface area contributed by atoms with E-state index in [2.05, 4.69) is 22.3 Å². The zero-order chi connectivity index (χ0) is 19.0. The van der Waals surface area contributed by atoms with Crippen LogP contribution < -0.4 is 10.1 Å². The molecule has 7 nitrogen and oxygen atoms in total. The summed E-state index contributed by atoms with van der Waals surface area (Å²) >= 11 is 1.65. The highest BCUT2D eigenvalue weighted by Gasteiger charge is 2.18. The lowest BCUT2D eigenvalue weighted by atomic mass is 10.0. The molecular weight excluding hydrogens is 362 g/mol. The van der Waals surface area contributed by atoms with Crippen molar-refractivity contribution in [3.8, 4) is 16.9 Å². The Hall–Kier alpha value is -2.97. The third kappa shape index (κ3) is 3.24. The summed E-state index contributed by atoms with van der Waals surface area (Å²) < 4.78 is 8.29. The van der Waals surface area contributed by atoms with Crippen molar-refractivity contribution in [1.29, 1.82) is 0 Å². The van der Waals surface area contributed by atoms with Crippen molar-refractivity contribution in [2.24, 2.45) is 7.05 Å². The van der Waals surface area contributed by atoms with Crippen LogP contribution >= 0.6 is 11.3 Å². The lowest BCUT2D eigenvalue weighted by Crippen LogP contribution is -1.96. The van der Waals surface area contributed by atoms with E-state index in [1.807, 2.05) is 37.6 Å². The van der Waals surface area contributed by atoms with Crippen LogP contribution in [0.2, 0.25) is 0 Å². The molecule has 0 atom stereocenters. The van der Waals surface area contributed by atoms with E-state index in [0.29, 0.717) is 11.7 Å². The van der Waals surface area contributed by atoms with Gasteiger partial charge < -0.3 is 15.2 Å². The molecule has 0 radical (unpaired) electrons. The predicted molar refractivity (Wildman–Crippen MR) is 107 cm³/mol. The van der Waals surface area contributed by atoms with Gasteiger partial charge in [0.15, 0.2) is 0 Å². The number of aromatic nitrogens is 4. The minimum Gasteiger partial charge on any atom is -0.496 e. The van der Waals surface area contributed by atoms with Crippen molar-refractivity contribution in [2.45, 2.75) is 13.5 Å². The van der Waals surface area contributed by atoms with Crippen LogP contribution in [-0.4, -0.2) is 32.0 Å². The number of benzene rings is 1. The van der Waals surface area contributed by atoms with Crippen LogP contribution in [-0.2, 0) is 13.7 Å². The first-order valence-corrected chi connectivity index (χ1v) is 9.20. The topological polar surface area (TPSA) is 85.1 Å². The third-order valence-corrected chi connectivity index (χ3v) is 5.31. The van der Waals surface area contributed by atoms with Gasteiger partial charge in [0.25, 0.3) is 0 Å². The van der Waals surface area contributed by atoms with Gasteiger partial charge in [0.05, 0.1) is 42.0 Å². The third-order valence-electron chi connectivity index (χ3n) is 4.29. The number of fused-ring (bicyclic) bond motifs is 1. The van der Waals surface area contributed by atoms with Crippen molar-refractivity contribution < 1.29 is 9.84 Å². The Bertz CT molecular complexity index is 1120. The van der Waals surface area contributed by atoms with Gasteiger partial charge in [0, 0.05) is 29.2 Å². The molecule has 0 saturated carbocycles. The molecule has 0 aliphatic heterocycles. The summed E-state index contributed by atoms with van der Waals surface area (Å²) in [7, 11) is 3.49. The first kappa shape index (κ1) is 17.4. The Kier molecular flexibility index (Phi) is 4.51. The highest BCUT2D eigenvalue weighted by atomic mass is 32.1. The highest BCUT2D eigenvalue weighted by Crippen LogP contribution is 2.41. The zero-order valence-corrected chi connectivity index (χ0v) is 16.0. The average Bonchev–Trinajstić information content (AvgIpc) is 3.22. The fourth-order valence-corrected chi connectivity index (χ4v) is 4.03. The highest BCUT2D eigenvalue weighted by molar-refractivity contribution is 7.19. The van der Waals surface area contributed by atoms with E-state index >= 15 is 0 Å². The van der Waals surface area contributed by atoms with Crippen LogP contribution in [0.4, 0.5) is 11.6 Å². The second kappa shape index (κ2) is 6.98. The van der Waals surface area contributed by atoms with Gasteiger partial charge in [-0.1, -0.05) is 12.1 Å². The molecule has 4 aromatic rings. The minimum atomic E-state index is -0.0264. The molecule has 1 aromatic carbocycles. The molecule has 0 aliphatic carbocycles. The Morgan fingerprint density at radius 2 is 2.15 bits per heavy atom. The molecule has 0 amide bonds. The fourth-order valence-electron chi connectivity index (χ4n) is 3.04. The standard InChI is InChI=1S/C19H19N5O2S/c1-11-17(14-5-4-12(10-25)6-15(14)26-3)18-16(27-11)8-20-19(23-18)22-13-7-21-24(2)9-13/h4-9,25H,10H2,1-3H3,(H,20,22,23). The van der Waals surface area contributed by atoms with E-state index in [-0.39, 0.29) is 6.61 Å². The fraction of sp³-hybridized carbons (Fsp3) is 0.211. The molecule has 0 aliphatic rings. The van der Waals surface area contributed by atoms with Crippen LogP contribution in [0, 0.1) is 6.92 Å². The molecule has 3 heterocycles. The van der Waals surface area contributed by atoms with Gasteiger partial charge in [-0.3, -0.25) is 4.68 Å². The lowest BCUT2D eigenvalue weighted by Gasteiger charge is -2.11. The van der Waals surface area contributed by atoms with E-state index in [4.69, 9.17) is 9.72 Å². The van der Waals surface area contributed by atoms with Gasteiger partial charge in [0.1, 0.15) is 5.75 Å². The Labute approximate surface area is 160 Å². The van der Waals surface area contributed by atoms with Crippen LogP contribution in [0.25, 0.3) is 21.3 Å². The molecule has 138 valence electrons. The average molecular weight is 381 g/mol. The summed E-state index contributed by atoms with van der Waals surface area (Å²) in [6.07, 6.45) is 5.42. The predicted octanol–water partition coefficient (Wildman–Crippen LogP) is 3.64. The number of thiophene rings is 1. The van der Waals surface area contributed by atoms with E-state index in [9.17, 15) is 5.11 Å². The zero-order valence-electron chi connectivity index (χ0n) is 15.2. The normalized spacial score (nSPS) is 11.1. The maximum atomic E-state index is 9.39. The van der Waals surface area contributed by atoms with Gasteiger partial charge >= 0.3 is 0 Å². The number of aliphatic hydroxyl groups excluding tert-OH is 1. The smallest absolute Gasteiger partial charge is 0.227 e. The van der Waals surface area contributed by atoms with Crippen molar-refractivity contribution >= 4 is 33.2 Å². The molecule has 0 unspecified atom stereocenters. The largest absolute Gasteiger partial charge is 0.496 e. The summed E-state index contributed by atoms with van der Waals surface area (Å²) in [4.78, 5) is 10.3. The van der Waals surface area contributed by atoms with Gasteiger partial charge in [-0.25, -0.2) is 9.97 Å². The summed E-state index contributed by atoms with van der Waals surface area (Å²) in [5.41, 5.74) is 4.47. The Balaban J connectivity index is 1.83. The maximum absolute atomic E-state index is 9.39. The molecule has 8 heteroatoms. The number of ether oxygens (including phenoxy) is 1. The summed E-state index contributed by atoms with van der Waals surface area (Å²) in [5, 5.41) is 16.7. The van der Waals surface area contributed by atoms with E-state index < -0.39 is 0 Å². The summed E-state index contributed by atoms with van der Waals surface area (Å²) in [5.74, 6) is 1.23. The number of methoxy groups -OCH3 is 1. The van der Waals surface area contributed by atoms with Gasteiger partial charge in [0.2, 0.25) is 5.95 Å². The van der Waals surface area contributed by atoms with Crippen LogP contribution in [0.1, 0.15) is 10.4 Å². The SMILES string of the molecule is COc1cc(CO)ccc1-c1c(C)sc2cnc(Nc3cnn(C)c3)nc12. The minimum absolute atomic E-state index is 0.0264. The maximum Gasteiger partial charge on any atom is 0.227 e. The quantitative estimate of drug-likeness (QED) is 0.549. The summed E-state index contributed by atoms with van der Waals surface area (Å²) in [6, 6.07) is 5.72. The second-order valence-electron chi connectivity index (χ2n) is 6.16. The first-order valence-electron chi connectivity index (χ1n) is 8.39. The molecule has 27 heavy (non-hydrogen) atoms. The van der Waals surface area contributed by atoms with Crippen LogP contribution in [0.3, 0.4) is 0 Å². The number of hydrogen-bond acceptors (Lipinski definition) is 7. The number of hydrogen-bond donors (Lipinski definition) is 2. The molecule has 0 fully saturated rings. The number of rotatable bonds is 5.